The average molecular weight is 498 g/mol. The van der Waals surface area contributed by atoms with Crippen LogP contribution in [0.4, 0.5) is 4.79 Å². The van der Waals surface area contributed by atoms with Crippen LogP contribution in [0, 0.1) is 0 Å². The molecule has 0 aliphatic carbocycles. The topological polar surface area (TPSA) is 89.9 Å². The van der Waals surface area contributed by atoms with Crippen LogP contribution >= 0.6 is 0 Å². The van der Waals surface area contributed by atoms with E-state index in [9.17, 15) is 14.4 Å². The lowest BCUT2D eigenvalue weighted by Crippen LogP contribution is -2.29. The van der Waals surface area contributed by atoms with Crippen LogP contribution in [0.5, 0.6) is 0 Å². The second-order valence-electron chi connectivity index (χ2n) is 10.1. The van der Waals surface area contributed by atoms with E-state index in [0.29, 0.717) is 25.8 Å². The Morgan fingerprint density at radius 3 is 1.69 bits per heavy atom. The summed E-state index contributed by atoms with van der Waals surface area (Å²) in [5, 5.41) is 11.3. The van der Waals surface area contributed by atoms with Gasteiger partial charge in [0, 0.05) is 25.9 Å². The summed E-state index contributed by atoms with van der Waals surface area (Å²) in [6.45, 7) is 4.51. The number of hydrogen-bond donors (Lipinski definition) is 2. The van der Waals surface area contributed by atoms with E-state index in [4.69, 9.17) is 5.11 Å². The Hall–Kier alpha value is -1.63. The molecule has 7 nitrogen and oxygen atoms in total. The first-order chi connectivity index (χ1) is 16.9. The van der Waals surface area contributed by atoms with Crippen LogP contribution in [0.1, 0.15) is 129 Å². The first-order valence-corrected chi connectivity index (χ1v) is 14.3. The van der Waals surface area contributed by atoms with Crippen molar-refractivity contribution in [2.45, 2.75) is 129 Å². The maximum Gasteiger partial charge on any atom is 0.414 e. The van der Waals surface area contributed by atoms with Crippen LogP contribution in [0.15, 0.2) is 0 Å². The van der Waals surface area contributed by atoms with Gasteiger partial charge in [0.2, 0.25) is 11.8 Å². The van der Waals surface area contributed by atoms with Crippen molar-refractivity contribution in [3.8, 4) is 0 Å². The Morgan fingerprint density at radius 1 is 0.829 bits per heavy atom. The van der Waals surface area contributed by atoms with Gasteiger partial charge in [-0.15, -0.1) is 0 Å². The molecule has 0 aromatic heterocycles. The first kappa shape index (κ1) is 33.4. The predicted octanol–water partition coefficient (Wildman–Crippen LogP) is 6.60. The van der Waals surface area contributed by atoms with Crippen molar-refractivity contribution in [2.24, 2.45) is 0 Å². The zero-order chi connectivity index (χ0) is 26.2. The molecule has 0 atom stereocenters. The molecule has 1 heterocycles. The van der Waals surface area contributed by atoms with Crippen LogP contribution in [0.25, 0.3) is 0 Å². The van der Waals surface area contributed by atoms with Gasteiger partial charge in [-0.1, -0.05) is 96.8 Å². The van der Waals surface area contributed by atoms with Gasteiger partial charge in [-0.2, -0.15) is 0 Å². The van der Waals surface area contributed by atoms with Crippen molar-refractivity contribution in [1.29, 1.82) is 0 Å². The molecule has 0 spiro atoms. The van der Waals surface area contributed by atoms with Gasteiger partial charge in [-0.3, -0.25) is 9.59 Å². The van der Waals surface area contributed by atoms with Crippen LogP contribution in [0.2, 0.25) is 0 Å². The molecule has 1 fully saturated rings. The third-order valence-electron chi connectivity index (χ3n) is 6.42. The van der Waals surface area contributed by atoms with Gasteiger partial charge in [-0.05, 0) is 39.9 Å². The SMILES string of the molecule is CCCCCCCCCCCCCCCCCC(=O)NCCCN(C)C.O=C(O)N1CCCC1=O. The number of hydrogen-bond acceptors (Lipinski definition) is 4. The van der Waals surface area contributed by atoms with Gasteiger partial charge in [0.1, 0.15) is 0 Å². The average Bonchev–Trinajstić information content (AvgIpc) is 3.26. The van der Waals surface area contributed by atoms with Crippen molar-refractivity contribution >= 4 is 17.9 Å². The lowest BCUT2D eigenvalue weighted by atomic mass is 10.0. The molecule has 0 bridgehead atoms. The Kier molecular flexibility index (Phi) is 23.0. The summed E-state index contributed by atoms with van der Waals surface area (Å²) < 4.78 is 0. The number of carboxylic acid groups (broad SMARTS) is 1. The molecule has 0 saturated carbocycles. The molecule has 3 amide bonds. The molecule has 0 aromatic carbocycles. The minimum Gasteiger partial charge on any atom is -0.465 e. The van der Waals surface area contributed by atoms with E-state index < -0.39 is 6.09 Å². The number of amides is 3. The largest absolute Gasteiger partial charge is 0.465 e. The molecule has 1 saturated heterocycles. The smallest absolute Gasteiger partial charge is 0.414 e. The highest BCUT2D eigenvalue weighted by Crippen LogP contribution is 2.13. The maximum absolute atomic E-state index is 11.7. The lowest BCUT2D eigenvalue weighted by Gasteiger charge is -2.09. The van der Waals surface area contributed by atoms with Crippen LogP contribution < -0.4 is 5.32 Å². The van der Waals surface area contributed by atoms with Crippen molar-refractivity contribution in [3.63, 3.8) is 0 Å². The summed E-state index contributed by atoms with van der Waals surface area (Å²) >= 11 is 0. The number of nitrogens with one attached hydrogen (secondary N) is 1. The third kappa shape index (κ3) is 22.6. The van der Waals surface area contributed by atoms with E-state index in [-0.39, 0.29) is 11.8 Å². The zero-order valence-corrected chi connectivity index (χ0v) is 23.1. The normalized spacial score (nSPS) is 13.1. The Balaban J connectivity index is 0.00000106. The van der Waals surface area contributed by atoms with E-state index in [2.05, 4.69) is 31.2 Å². The predicted molar refractivity (Wildman–Crippen MR) is 145 cm³/mol. The molecule has 1 aliphatic rings. The molecule has 1 rings (SSSR count). The van der Waals surface area contributed by atoms with Crippen LogP contribution in [-0.2, 0) is 9.59 Å². The van der Waals surface area contributed by atoms with Crippen molar-refractivity contribution in [3.05, 3.63) is 0 Å². The summed E-state index contributed by atoms with van der Waals surface area (Å²) in [4.78, 5) is 35.4. The number of imide groups is 1. The molecule has 7 heteroatoms. The fourth-order valence-electron chi connectivity index (χ4n) is 4.22. The quantitative estimate of drug-likeness (QED) is 0.185. The fourth-order valence-corrected chi connectivity index (χ4v) is 4.22. The molecule has 206 valence electrons. The second kappa shape index (κ2) is 24.1. The molecule has 0 aromatic rings. The fraction of sp³-hybridized carbons (Fsp3) is 0.893. The molecular formula is C28H55N3O4. The van der Waals surface area contributed by atoms with Gasteiger partial charge >= 0.3 is 6.09 Å². The van der Waals surface area contributed by atoms with Gasteiger partial charge in [0.25, 0.3) is 0 Å². The standard InChI is InChI=1S/C23H48N2O.C5H7NO3/c1-4-5-6-7-8-9-10-11-12-13-14-15-16-17-18-20-23(26)24-21-19-22-25(2)3;7-4-2-1-3-6(4)5(8)9/h4-22H2,1-3H3,(H,24,26);1-3H2,(H,8,9). The van der Waals surface area contributed by atoms with E-state index >= 15 is 0 Å². The molecule has 0 unspecified atom stereocenters. The Bertz CT molecular complexity index is 540. The number of likely N-dealkylation sites (tertiary alicyclic amines) is 1. The molecule has 2 N–H and O–H groups in total. The molecule has 1 aliphatic heterocycles. The van der Waals surface area contributed by atoms with Crippen molar-refractivity contribution in [2.75, 3.05) is 33.7 Å². The van der Waals surface area contributed by atoms with E-state index in [0.717, 1.165) is 30.8 Å². The first-order valence-electron chi connectivity index (χ1n) is 14.3. The number of carbonyl (C=O) groups excluding carboxylic acids is 2. The van der Waals surface area contributed by atoms with E-state index in [1.54, 1.807) is 0 Å². The Labute approximate surface area is 215 Å². The van der Waals surface area contributed by atoms with Crippen molar-refractivity contribution < 1.29 is 19.5 Å². The molecular weight excluding hydrogens is 442 g/mol. The van der Waals surface area contributed by atoms with E-state index in [1.165, 1.54) is 89.9 Å². The lowest BCUT2D eigenvalue weighted by molar-refractivity contribution is -0.126. The maximum atomic E-state index is 11.7. The number of carbonyl (C=O) groups is 3. The summed E-state index contributed by atoms with van der Waals surface area (Å²) in [6.07, 6.45) is 22.2. The van der Waals surface area contributed by atoms with Gasteiger partial charge in [0.05, 0.1) is 0 Å². The van der Waals surface area contributed by atoms with Crippen molar-refractivity contribution in [1.82, 2.24) is 15.1 Å². The highest BCUT2D eigenvalue weighted by molar-refractivity contribution is 5.92. The summed E-state index contributed by atoms with van der Waals surface area (Å²) in [5.41, 5.74) is 0. The summed E-state index contributed by atoms with van der Waals surface area (Å²) in [5.74, 6) is -0.0408. The third-order valence-corrected chi connectivity index (χ3v) is 6.42. The second-order valence-corrected chi connectivity index (χ2v) is 10.1. The minimum absolute atomic E-state index is 0.235. The molecule has 0 radical (unpaired) electrons. The highest BCUT2D eigenvalue weighted by atomic mass is 16.4. The monoisotopic (exact) mass is 497 g/mol. The number of nitrogens with zero attached hydrogens (tertiary/aromatic N) is 2. The summed E-state index contributed by atoms with van der Waals surface area (Å²) in [6, 6.07) is 0. The highest BCUT2D eigenvalue weighted by Gasteiger charge is 2.25. The molecule has 35 heavy (non-hydrogen) atoms. The van der Waals surface area contributed by atoms with E-state index in [1.807, 2.05) is 0 Å². The van der Waals surface area contributed by atoms with Gasteiger partial charge in [0.15, 0.2) is 0 Å². The number of unbranched alkanes of at least 4 members (excludes halogenated alkanes) is 14. The van der Waals surface area contributed by atoms with Gasteiger partial charge in [-0.25, -0.2) is 9.69 Å². The van der Waals surface area contributed by atoms with Gasteiger partial charge < -0.3 is 15.3 Å². The minimum atomic E-state index is -1.13. The zero-order valence-electron chi connectivity index (χ0n) is 23.1. The number of rotatable bonds is 20. The summed E-state index contributed by atoms with van der Waals surface area (Å²) in [7, 11) is 4.13. The Morgan fingerprint density at radius 2 is 1.31 bits per heavy atom. The van der Waals surface area contributed by atoms with Crippen LogP contribution in [0.3, 0.4) is 0 Å². The van der Waals surface area contributed by atoms with Crippen LogP contribution in [-0.4, -0.2) is 66.5 Å².